The Morgan fingerprint density at radius 1 is 1.50 bits per heavy atom. The lowest BCUT2D eigenvalue weighted by atomic mass is 10.1. The summed E-state index contributed by atoms with van der Waals surface area (Å²) in [4.78, 5) is 8.49. The van der Waals surface area contributed by atoms with Gasteiger partial charge in [0.15, 0.2) is 5.82 Å². The fourth-order valence-corrected chi connectivity index (χ4v) is 1.56. The van der Waals surface area contributed by atoms with Crippen molar-refractivity contribution in [1.29, 1.82) is 0 Å². The van der Waals surface area contributed by atoms with E-state index in [1.54, 1.807) is 12.5 Å². The predicted octanol–water partition coefficient (Wildman–Crippen LogP) is 1.78. The van der Waals surface area contributed by atoms with Gasteiger partial charge in [0, 0.05) is 18.2 Å². The highest BCUT2D eigenvalue weighted by Gasteiger charge is 2.25. The predicted molar refractivity (Wildman–Crippen MR) is 55.0 cm³/mol. The van der Waals surface area contributed by atoms with Crippen LogP contribution in [-0.4, -0.2) is 20.9 Å². The Hall–Kier alpha value is -1.16. The summed E-state index contributed by atoms with van der Waals surface area (Å²) < 4.78 is 1.99. The third kappa shape index (κ3) is 1.35. The summed E-state index contributed by atoms with van der Waals surface area (Å²) in [6.45, 7) is 6.27. The third-order valence-electron chi connectivity index (χ3n) is 2.35. The van der Waals surface area contributed by atoms with Gasteiger partial charge in [-0.05, 0) is 20.8 Å². The van der Waals surface area contributed by atoms with E-state index < -0.39 is 6.10 Å². The topological polar surface area (TPSA) is 50.4 Å². The first-order chi connectivity index (χ1) is 6.50. The number of aliphatic hydroxyl groups is 1. The number of hydrogen-bond donors (Lipinski definition) is 1. The number of aromatic nitrogens is 2. The Labute approximate surface area is 83.3 Å². The molecule has 2 heterocycles. The van der Waals surface area contributed by atoms with Crippen LogP contribution in [0.3, 0.4) is 0 Å². The second-order valence-corrected chi connectivity index (χ2v) is 4.56. The number of hydrogen-bond acceptors (Lipinski definition) is 3. The molecule has 4 heteroatoms. The third-order valence-corrected chi connectivity index (χ3v) is 2.35. The zero-order chi connectivity index (χ0) is 10.3. The van der Waals surface area contributed by atoms with Gasteiger partial charge in [0.05, 0.1) is 6.33 Å². The van der Waals surface area contributed by atoms with Crippen LogP contribution >= 0.6 is 0 Å². The average molecular weight is 193 g/mol. The van der Waals surface area contributed by atoms with Crippen LogP contribution in [0.1, 0.15) is 39.0 Å². The van der Waals surface area contributed by atoms with Gasteiger partial charge in [0.2, 0.25) is 0 Å². The van der Waals surface area contributed by atoms with Crippen molar-refractivity contribution in [2.24, 2.45) is 4.99 Å². The number of rotatable bonds is 0. The summed E-state index contributed by atoms with van der Waals surface area (Å²) in [5, 5.41) is 9.67. The molecular weight excluding hydrogens is 178 g/mol. The lowest BCUT2D eigenvalue weighted by molar-refractivity contribution is 0.182. The smallest absolute Gasteiger partial charge is 0.158 e. The van der Waals surface area contributed by atoms with Gasteiger partial charge in [-0.2, -0.15) is 0 Å². The van der Waals surface area contributed by atoms with Crippen LogP contribution in [0.4, 0.5) is 5.82 Å². The standard InChI is InChI=1S/C10H15N3O/c1-10(2,3)13-6-12-8-7(14)4-5-11-9(8)13/h5-7,14H,4H2,1-3H3. The van der Waals surface area contributed by atoms with Gasteiger partial charge in [0.25, 0.3) is 0 Å². The monoisotopic (exact) mass is 193 g/mol. The van der Waals surface area contributed by atoms with Gasteiger partial charge in [-0.1, -0.05) is 0 Å². The minimum atomic E-state index is -0.494. The highest BCUT2D eigenvalue weighted by Crippen LogP contribution is 2.33. The largest absolute Gasteiger partial charge is 0.386 e. The van der Waals surface area contributed by atoms with Crippen LogP contribution < -0.4 is 0 Å². The number of nitrogens with zero attached hydrogens (tertiary/aromatic N) is 3. The molecule has 1 aliphatic heterocycles. The second kappa shape index (κ2) is 2.92. The van der Waals surface area contributed by atoms with E-state index in [1.165, 1.54) is 0 Å². The normalized spacial score (nSPS) is 21.0. The molecule has 76 valence electrons. The summed E-state index contributed by atoms with van der Waals surface area (Å²) >= 11 is 0. The van der Waals surface area contributed by atoms with Crippen LogP contribution in [-0.2, 0) is 5.54 Å². The molecule has 14 heavy (non-hydrogen) atoms. The van der Waals surface area contributed by atoms with E-state index in [0.29, 0.717) is 12.1 Å². The second-order valence-electron chi connectivity index (χ2n) is 4.56. The minimum Gasteiger partial charge on any atom is -0.386 e. The summed E-state index contributed by atoms with van der Waals surface area (Å²) in [7, 11) is 0. The number of imidazole rings is 1. The summed E-state index contributed by atoms with van der Waals surface area (Å²) in [6.07, 6.45) is 3.56. The van der Waals surface area contributed by atoms with Gasteiger partial charge in [-0.25, -0.2) is 9.98 Å². The first-order valence-corrected chi connectivity index (χ1v) is 4.78. The molecule has 0 amide bonds. The van der Waals surface area contributed by atoms with Crippen molar-refractivity contribution in [2.45, 2.75) is 38.8 Å². The fourth-order valence-electron chi connectivity index (χ4n) is 1.56. The van der Waals surface area contributed by atoms with E-state index in [1.807, 2.05) is 4.57 Å². The summed E-state index contributed by atoms with van der Waals surface area (Å²) in [5.74, 6) is 0.788. The Bertz CT molecular complexity index is 373. The Kier molecular flexibility index (Phi) is 1.96. The number of aliphatic imine (C=N–C) groups is 1. The van der Waals surface area contributed by atoms with E-state index in [0.717, 1.165) is 5.82 Å². The number of fused-ring (bicyclic) bond motifs is 1. The van der Waals surface area contributed by atoms with Crippen molar-refractivity contribution < 1.29 is 5.11 Å². The molecule has 1 atom stereocenters. The molecule has 0 aromatic carbocycles. The van der Waals surface area contributed by atoms with Crippen molar-refractivity contribution in [1.82, 2.24) is 9.55 Å². The molecule has 0 radical (unpaired) electrons. The molecule has 0 bridgehead atoms. The molecule has 0 aliphatic carbocycles. The van der Waals surface area contributed by atoms with E-state index >= 15 is 0 Å². The maximum atomic E-state index is 9.67. The van der Waals surface area contributed by atoms with Crippen molar-refractivity contribution in [3.05, 3.63) is 12.0 Å². The minimum absolute atomic E-state index is 0.0466. The van der Waals surface area contributed by atoms with Crippen molar-refractivity contribution in [3.8, 4) is 0 Å². The molecule has 4 nitrogen and oxygen atoms in total. The van der Waals surface area contributed by atoms with E-state index in [9.17, 15) is 5.11 Å². The molecule has 0 saturated heterocycles. The van der Waals surface area contributed by atoms with Gasteiger partial charge >= 0.3 is 0 Å². The van der Waals surface area contributed by atoms with Crippen molar-refractivity contribution in [3.63, 3.8) is 0 Å². The van der Waals surface area contributed by atoms with E-state index in [-0.39, 0.29) is 5.54 Å². The molecule has 2 rings (SSSR count). The maximum Gasteiger partial charge on any atom is 0.158 e. The van der Waals surface area contributed by atoms with Crippen molar-refractivity contribution >= 4 is 12.0 Å². The zero-order valence-corrected chi connectivity index (χ0v) is 8.73. The summed E-state index contributed by atoms with van der Waals surface area (Å²) in [5.41, 5.74) is 0.650. The highest BCUT2D eigenvalue weighted by molar-refractivity contribution is 5.67. The van der Waals surface area contributed by atoms with Crippen LogP contribution in [0.15, 0.2) is 11.3 Å². The molecule has 1 N–H and O–H groups in total. The van der Waals surface area contributed by atoms with Crippen LogP contribution in [0.5, 0.6) is 0 Å². The molecule has 0 fully saturated rings. The van der Waals surface area contributed by atoms with Gasteiger partial charge in [0.1, 0.15) is 11.8 Å². The highest BCUT2D eigenvalue weighted by atomic mass is 16.3. The van der Waals surface area contributed by atoms with E-state index in [2.05, 4.69) is 30.7 Å². The molecule has 0 spiro atoms. The zero-order valence-electron chi connectivity index (χ0n) is 8.73. The van der Waals surface area contributed by atoms with Crippen LogP contribution in [0.25, 0.3) is 0 Å². The Balaban J connectivity index is 2.53. The molecule has 0 saturated carbocycles. The van der Waals surface area contributed by atoms with Gasteiger partial charge < -0.3 is 9.67 Å². The van der Waals surface area contributed by atoms with Crippen LogP contribution in [0.2, 0.25) is 0 Å². The SMILES string of the molecule is CC(C)(C)n1cnc2c1N=CCC2O. The van der Waals surface area contributed by atoms with Crippen LogP contribution in [0, 0.1) is 0 Å². The Morgan fingerprint density at radius 2 is 2.21 bits per heavy atom. The van der Waals surface area contributed by atoms with Gasteiger partial charge in [-0.15, -0.1) is 0 Å². The average Bonchev–Trinajstić information content (AvgIpc) is 2.47. The first-order valence-electron chi connectivity index (χ1n) is 4.78. The number of aliphatic hydroxyl groups excluding tert-OH is 1. The maximum absolute atomic E-state index is 9.67. The molecule has 1 aromatic heterocycles. The molecule has 1 aromatic rings. The van der Waals surface area contributed by atoms with Crippen molar-refractivity contribution in [2.75, 3.05) is 0 Å². The summed E-state index contributed by atoms with van der Waals surface area (Å²) in [6, 6.07) is 0. The lowest BCUT2D eigenvalue weighted by Gasteiger charge is -2.23. The molecular formula is C10H15N3O. The van der Waals surface area contributed by atoms with E-state index in [4.69, 9.17) is 0 Å². The lowest BCUT2D eigenvalue weighted by Crippen LogP contribution is -2.21. The quantitative estimate of drug-likeness (QED) is 0.682. The van der Waals surface area contributed by atoms with Gasteiger partial charge in [-0.3, -0.25) is 0 Å². The first kappa shape index (κ1) is 9.40. The Morgan fingerprint density at radius 3 is 2.86 bits per heavy atom. The fraction of sp³-hybridized carbons (Fsp3) is 0.600. The molecule has 1 aliphatic rings. The molecule has 1 unspecified atom stereocenters.